The zero-order valence-electron chi connectivity index (χ0n) is 14.3. The molecule has 8 heteroatoms. The molecule has 1 aliphatic heterocycles. The van der Waals surface area contributed by atoms with Gasteiger partial charge < -0.3 is 15.3 Å². The molecule has 0 fully saturated rings. The molecule has 0 bridgehead atoms. The van der Waals surface area contributed by atoms with Crippen LogP contribution in [-0.2, 0) is 14.1 Å². The summed E-state index contributed by atoms with van der Waals surface area (Å²) in [5.41, 5.74) is 4.41. The summed E-state index contributed by atoms with van der Waals surface area (Å²) in [5, 5.41) is 14.6. The number of hydrogen-bond donors (Lipinski definition) is 2. The highest BCUT2D eigenvalue weighted by atomic mass is 32.1. The predicted molar refractivity (Wildman–Crippen MR) is 97.8 cm³/mol. The molecule has 3 rings (SSSR count). The van der Waals surface area contributed by atoms with Crippen molar-refractivity contribution in [2.75, 3.05) is 6.61 Å². The Morgan fingerprint density at radius 3 is 2.64 bits per heavy atom. The summed E-state index contributed by atoms with van der Waals surface area (Å²) in [7, 11) is 3.20. The lowest BCUT2D eigenvalue weighted by Crippen LogP contribution is -2.28. The SMILES string of the molecule is CCOc1ccc([C@H]2CC(c3c(O)n(C)c(=S)n(C)c3=O)=NN2)cc1. The lowest BCUT2D eigenvalue weighted by atomic mass is 10.00. The van der Waals surface area contributed by atoms with Crippen LogP contribution < -0.4 is 15.7 Å². The number of ether oxygens (including phenoxy) is 1. The summed E-state index contributed by atoms with van der Waals surface area (Å²) in [5.74, 6) is 0.644. The topological polar surface area (TPSA) is 80.8 Å². The third-order valence-electron chi connectivity index (χ3n) is 4.27. The summed E-state index contributed by atoms with van der Waals surface area (Å²) < 4.78 is 8.43. The van der Waals surface area contributed by atoms with Crippen LogP contribution in [-0.4, -0.2) is 26.6 Å². The average Bonchev–Trinajstić information content (AvgIpc) is 3.09. The molecule has 7 nitrogen and oxygen atoms in total. The van der Waals surface area contributed by atoms with E-state index in [9.17, 15) is 9.90 Å². The normalized spacial score (nSPS) is 16.4. The summed E-state index contributed by atoms with van der Waals surface area (Å²) in [6, 6.07) is 7.67. The third-order valence-corrected chi connectivity index (χ3v) is 4.82. The van der Waals surface area contributed by atoms with Crippen LogP contribution in [0.5, 0.6) is 11.6 Å². The highest BCUT2D eigenvalue weighted by Gasteiger charge is 2.27. The highest BCUT2D eigenvalue weighted by molar-refractivity contribution is 7.71. The first-order chi connectivity index (χ1) is 11.9. The van der Waals surface area contributed by atoms with Crippen molar-refractivity contribution >= 4 is 17.9 Å². The van der Waals surface area contributed by atoms with E-state index in [2.05, 4.69) is 10.5 Å². The fourth-order valence-electron chi connectivity index (χ4n) is 2.84. The van der Waals surface area contributed by atoms with Gasteiger partial charge in [-0.2, -0.15) is 5.10 Å². The molecular formula is C17H20N4O3S. The summed E-state index contributed by atoms with van der Waals surface area (Å²) in [6.07, 6.45) is 0.494. The van der Waals surface area contributed by atoms with Crippen molar-refractivity contribution in [1.82, 2.24) is 14.6 Å². The maximum atomic E-state index is 12.5. The van der Waals surface area contributed by atoms with E-state index in [1.807, 2.05) is 31.2 Å². The second-order valence-corrected chi connectivity index (χ2v) is 6.22. The van der Waals surface area contributed by atoms with Crippen molar-refractivity contribution in [3.63, 3.8) is 0 Å². The van der Waals surface area contributed by atoms with E-state index in [-0.39, 0.29) is 27.8 Å². The second-order valence-electron chi connectivity index (χ2n) is 5.85. The van der Waals surface area contributed by atoms with Gasteiger partial charge in [-0.25, -0.2) is 0 Å². The molecule has 132 valence electrons. The zero-order valence-corrected chi connectivity index (χ0v) is 15.1. The van der Waals surface area contributed by atoms with Crippen LogP contribution in [0.4, 0.5) is 0 Å². The van der Waals surface area contributed by atoms with E-state index in [0.29, 0.717) is 18.7 Å². The predicted octanol–water partition coefficient (Wildman–Crippen LogP) is 2.00. The van der Waals surface area contributed by atoms with E-state index < -0.39 is 0 Å². The summed E-state index contributed by atoms with van der Waals surface area (Å²) in [4.78, 5) is 12.5. The first-order valence-electron chi connectivity index (χ1n) is 7.98. The highest BCUT2D eigenvalue weighted by Crippen LogP contribution is 2.27. The van der Waals surface area contributed by atoms with E-state index in [4.69, 9.17) is 17.0 Å². The number of nitrogens with zero attached hydrogens (tertiary/aromatic N) is 3. The van der Waals surface area contributed by atoms with Crippen molar-refractivity contribution in [1.29, 1.82) is 0 Å². The van der Waals surface area contributed by atoms with Gasteiger partial charge in [0.25, 0.3) is 5.56 Å². The van der Waals surface area contributed by atoms with Crippen LogP contribution in [0.2, 0.25) is 0 Å². The molecule has 2 N–H and O–H groups in total. The Morgan fingerprint density at radius 2 is 2.00 bits per heavy atom. The van der Waals surface area contributed by atoms with Crippen LogP contribution in [0.25, 0.3) is 0 Å². The standard InChI is InChI=1S/C17H20N4O3S/c1-4-24-11-7-5-10(6-8-11)12-9-13(19-18-12)14-15(22)20(2)17(25)21(3)16(14)23/h5-8,12,18,22H,4,9H2,1-3H3/t12-/m1/s1. The quantitative estimate of drug-likeness (QED) is 0.815. The Labute approximate surface area is 150 Å². The van der Waals surface area contributed by atoms with Crippen LogP contribution in [0, 0.1) is 4.77 Å². The molecule has 1 aliphatic rings. The minimum absolute atomic E-state index is 0.0664. The van der Waals surface area contributed by atoms with Gasteiger partial charge in [0.1, 0.15) is 11.3 Å². The lowest BCUT2D eigenvalue weighted by Gasteiger charge is -2.13. The van der Waals surface area contributed by atoms with Crippen LogP contribution >= 0.6 is 12.2 Å². The molecule has 25 heavy (non-hydrogen) atoms. The number of benzene rings is 1. The van der Waals surface area contributed by atoms with Gasteiger partial charge in [-0.3, -0.25) is 13.9 Å². The minimum Gasteiger partial charge on any atom is -0.494 e. The third kappa shape index (κ3) is 3.05. The van der Waals surface area contributed by atoms with Gasteiger partial charge in [-0.1, -0.05) is 12.1 Å². The lowest BCUT2D eigenvalue weighted by molar-refractivity contribution is 0.340. The van der Waals surface area contributed by atoms with Crippen molar-refractivity contribution < 1.29 is 9.84 Å². The Morgan fingerprint density at radius 1 is 1.32 bits per heavy atom. The molecular weight excluding hydrogens is 340 g/mol. The number of nitrogens with one attached hydrogen (secondary N) is 1. The Hall–Kier alpha value is -2.61. The molecule has 2 heterocycles. The van der Waals surface area contributed by atoms with E-state index in [1.165, 1.54) is 9.13 Å². The van der Waals surface area contributed by atoms with Gasteiger partial charge in [0.05, 0.1) is 18.4 Å². The Bertz CT molecular complexity index is 944. The molecule has 0 saturated heterocycles. The summed E-state index contributed by atoms with van der Waals surface area (Å²) in [6.45, 7) is 2.56. The van der Waals surface area contributed by atoms with E-state index >= 15 is 0 Å². The number of hydrazone groups is 1. The summed E-state index contributed by atoms with van der Waals surface area (Å²) >= 11 is 5.14. The van der Waals surface area contributed by atoms with E-state index in [0.717, 1.165) is 11.3 Å². The van der Waals surface area contributed by atoms with Crippen molar-refractivity contribution in [3.05, 3.63) is 50.5 Å². The van der Waals surface area contributed by atoms with Gasteiger partial charge in [-0.15, -0.1) is 0 Å². The number of rotatable bonds is 4. The fourth-order valence-corrected chi connectivity index (χ4v) is 3.01. The van der Waals surface area contributed by atoms with Crippen LogP contribution in [0.1, 0.15) is 30.5 Å². The molecule has 0 radical (unpaired) electrons. The molecule has 0 spiro atoms. The second kappa shape index (κ2) is 6.72. The van der Waals surface area contributed by atoms with Crippen LogP contribution in [0.3, 0.4) is 0 Å². The molecule has 1 aromatic carbocycles. The van der Waals surface area contributed by atoms with Gasteiger partial charge in [0, 0.05) is 20.5 Å². The van der Waals surface area contributed by atoms with Crippen LogP contribution in [0.15, 0.2) is 34.2 Å². The van der Waals surface area contributed by atoms with Crippen molar-refractivity contribution in [3.8, 4) is 11.6 Å². The number of aromatic nitrogens is 2. The molecule has 0 aliphatic carbocycles. The van der Waals surface area contributed by atoms with E-state index in [1.54, 1.807) is 14.1 Å². The smallest absolute Gasteiger partial charge is 0.267 e. The fraction of sp³-hybridized carbons (Fsp3) is 0.353. The van der Waals surface area contributed by atoms with Crippen molar-refractivity contribution in [2.45, 2.75) is 19.4 Å². The monoisotopic (exact) mass is 360 g/mol. The number of hydrogen-bond acceptors (Lipinski definition) is 6. The van der Waals surface area contributed by atoms with Crippen molar-refractivity contribution in [2.24, 2.45) is 19.2 Å². The Kier molecular flexibility index (Phi) is 4.63. The Balaban J connectivity index is 1.89. The zero-order chi connectivity index (χ0) is 18.1. The maximum Gasteiger partial charge on any atom is 0.267 e. The molecule has 2 aromatic rings. The first-order valence-corrected chi connectivity index (χ1v) is 8.39. The molecule has 0 unspecified atom stereocenters. The van der Waals surface area contributed by atoms with Gasteiger partial charge >= 0.3 is 0 Å². The maximum absolute atomic E-state index is 12.5. The molecule has 1 aromatic heterocycles. The first kappa shape index (κ1) is 17.2. The molecule has 1 atom stereocenters. The number of aromatic hydroxyl groups is 1. The molecule has 0 amide bonds. The van der Waals surface area contributed by atoms with Gasteiger partial charge in [-0.05, 0) is 36.8 Å². The van der Waals surface area contributed by atoms with Gasteiger partial charge in [0.15, 0.2) is 4.77 Å². The van der Waals surface area contributed by atoms with Gasteiger partial charge in [0.2, 0.25) is 5.88 Å². The average molecular weight is 360 g/mol. The molecule has 0 saturated carbocycles. The largest absolute Gasteiger partial charge is 0.494 e. The minimum atomic E-state index is -0.353.